The minimum Gasteiger partial charge on any atom is -0.463 e. The minimum absolute atomic E-state index is 0.152. The highest BCUT2D eigenvalue weighted by atomic mass is 16.6. The molecule has 40 heavy (non-hydrogen) atoms. The molecule has 0 aliphatic carbocycles. The zero-order chi connectivity index (χ0) is 28.7. The summed E-state index contributed by atoms with van der Waals surface area (Å²) in [5, 5.41) is 0. The van der Waals surface area contributed by atoms with E-state index in [1.54, 1.807) is 24.3 Å². The molecule has 1 aromatic carbocycles. The molecule has 1 aromatic rings. The minimum atomic E-state index is -0.275. The summed E-state index contributed by atoms with van der Waals surface area (Å²) in [4.78, 5) is 37.6. The van der Waals surface area contributed by atoms with E-state index in [0.29, 0.717) is 50.6 Å². The standard InChI is InChI=1S/C32H51NO7/c1-2-3-4-5-6-7-8-9-10-11-12-13-14-19-30(34)40-27-26-39-25-24-38-23-22-37-21-20-33-31(35)28-17-15-16-18-29(28)32(33)36/h15-18H,2-14,19-27H2,1H3. The second-order valence-corrected chi connectivity index (χ2v) is 10.4. The molecular weight excluding hydrogens is 510 g/mol. The average molecular weight is 562 g/mol. The summed E-state index contributed by atoms with van der Waals surface area (Å²) < 4.78 is 21.6. The van der Waals surface area contributed by atoms with Crippen LogP contribution in [0.2, 0.25) is 0 Å². The number of imide groups is 1. The predicted molar refractivity (Wildman–Crippen MR) is 156 cm³/mol. The number of hydrogen-bond acceptors (Lipinski definition) is 7. The van der Waals surface area contributed by atoms with Crippen molar-refractivity contribution in [2.75, 3.05) is 52.8 Å². The Labute approximate surface area is 241 Å². The maximum absolute atomic E-state index is 12.3. The summed E-state index contributed by atoms with van der Waals surface area (Å²) >= 11 is 0. The van der Waals surface area contributed by atoms with Crippen molar-refractivity contribution in [2.24, 2.45) is 0 Å². The van der Waals surface area contributed by atoms with Gasteiger partial charge < -0.3 is 18.9 Å². The molecule has 0 saturated heterocycles. The first-order chi connectivity index (χ1) is 19.6. The summed E-state index contributed by atoms with van der Waals surface area (Å²) in [6, 6.07) is 6.83. The number of rotatable bonds is 26. The van der Waals surface area contributed by atoms with Gasteiger partial charge in [-0.05, 0) is 18.6 Å². The maximum Gasteiger partial charge on any atom is 0.305 e. The highest BCUT2D eigenvalue weighted by Gasteiger charge is 2.34. The summed E-state index contributed by atoms with van der Waals surface area (Å²) in [6.07, 6.45) is 17.2. The maximum atomic E-state index is 12.3. The van der Waals surface area contributed by atoms with Gasteiger partial charge in [0, 0.05) is 6.42 Å². The number of ether oxygens (including phenoxy) is 4. The van der Waals surface area contributed by atoms with E-state index in [-0.39, 0.29) is 37.5 Å². The molecule has 0 N–H and O–H groups in total. The monoisotopic (exact) mass is 561 g/mol. The molecule has 0 radical (unpaired) electrons. The Morgan fingerprint density at radius 1 is 0.600 bits per heavy atom. The smallest absolute Gasteiger partial charge is 0.305 e. The van der Waals surface area contributed by atoms with E-state index in [2.05, 4.69) is 6.92 Å². The first-order valence-electron chi connectivity index (χ1n) is 15.5. The zero-order valence-electron chi connectivity index (χ0n) is 24.7. The number of nitrogens with zero attached hydrogens (tertiary/aromatic N) is 1. The van der Waals surface area contributed by atoms with Gasteiger partial charge in [0.25, 0.3) is 11.8 Å². The number of hydrogen-bond donors (Lipinski definition) is 0. The molecule has 226 valence electrons. The molecule has 0 atom stereocenters. The molecule has 0 spiro atoms. The van der Waals surface area contributed by atoms with Crippen molar-refractivity contribution >= 4 is 17.8 Å². The quantitative estimate of drug-likeness (QED) is 0.0739. The van der Waals surface area contributed by atoms with Crippen LogP contribution in [0.25, 0.3) is 0 Å². The summed E-state index contributed by atoms with van der Waals surface area (Å²) in [5.74, 6) is -0.702. The molecule has 2 rings (SSSR count). The van der Waals surface area contributed by atoms with Gasteiger partial charge in [-0.15, -0.1) is 0 Å². The Hall–Kier alpha value is -2.29. The van der Waals surface area contributed by atoms with Crippen molar-refractivity contribution in [2.45, 2.75) is 96.8 Å². The van der Waals surface area contributed by atoms with Crippen molar-refractivity contribution < 1.29 is 33.3 Å². The topological polar surface area (TPSA) is 91.4 Å². The van der Waals surface area contributed by atoms with Gasteiger partial charge in [-0.25, -0.2) is 0 Å². The molecule has 8 nitrogen and oxygen atoms in total. The molecule has 8 heteroatoms. The van der Waals surface area contributed by atoms with Gasteiger partial charge in [0.2, 0.25) is 0 Å². The summed E-state index contributed by atoms with van der Waals surface area (Å²) in [5.41, 5.74) is 0.890. The van der Waals surface area contributed by atoms with Crippen molar-refractivity contribution in [1.82, 2.24) is 4.90 Å². The first kappa shape index (κ1) is 33.9. The SMILES string of the molecule is CCCCCCCCCCCCCCCC(=O)OCCOCCOCCOCCN1C(=O)c2ccccc2C1=O. The van der Waals surface area contributed by atoms with Crippen LogP contribution in [-0.4, -0.2) is 75.5 Å². The summed E-state index contributed by atoms with van der Waals surface area (Å²) in [7, 11) is 0. The molecule has 2 amide bonds. The van der Waals surface area contributed by atoms with Crippen molar-refractivity contribution in [3.8, 4) is 0 Å². The Bertz CT molecular complexity index is 809. The second kappa shape index (κ2) is 22.4. The molecule has 0 bridgehead atoms. The fourth-order valence-electron chi connectivity index (χ4n) is 4.71. The van der Waals surface area contributed by atoms with E-state index in [1.807, 2.05) is 0 Å². The van der Waals surface area contributed by atoms with E-state index in [9.17, 15) is 14.4 Å². The number of amides is 2. The highest BCUT2D eigenvalue weighted by Crippen LogP contribution is 2.21. The molecule has 1 aliphatic heterocycles. The van der Waals surface area contributed by atoms with Crippen molar-refractivity contribution in [1.29, 1.82) is 0 Å². The van der Waals surface area contributed by atoms with Gasteiger partial charge in [-0.2, -0.15) is 0 Å². The third kappa shape index (κ3) is 14.4. The predicted octanol–water partition coefficient (Wildman–Crippen LogP) is 6.36. The van der Waals surface area contributed by atoms with E-state index in [0.717, 1.165) is 12.8 Å². The number of carbonyl (C=O) groups is 3. The van der Waals surface area contributed by atoms with Crippen LogP contribution in [0.3, 0.4) is 0 Å². The molecule has 1 heterocycles. The van der Waals surface area contributed by atoms with Gasteiger partial charge in [0.1, 0.15) is 6.61 Å². The zero-order valence-corrected chi connectivity index (χ0v) is 24.7. The Kier molecular flexibility index (Phi) is 19.0. The van der Waals surface area contributed by atoms with Crippen LogP contribution < -0.4 is 0 Å². The van der Waals surface area contributed by atoms with Gasteiger partial charge in [-0.1, -0.05) is 96.1 Å². The first-order valence-corrected chi connectivity index (χ1v) is 15.5. The third-order valence-electron chi connectivity index (χ3n) is 7.06. The van der Waals surface area contributed by atoms with E-state index < -0.39 is 0 Å². The van der Waals surface area contributed by atoms with Crippen LogP contribution in [0, 0.1) is 0 Å². The van der Waals surface area contributed by atoms with E-state index >= 15 is 0 Å². The third-order valence-corrected chi connectivity index (χ3v) is 7.06. The van der Waals surface area contributed by atoms with Crippen molar-refractivity contribution in [3.63, 3.8) is 0 Å². The number of fused-ring (bicyclic) bond motifs is 1. The second-order valence-electron chi connectivity index (χ2n) is 10.4. The van der Waals surface area contributed by atoms with Crippen molar-refractivity contribution in [3.05, 3.63) is 35.4 Å². The summed E-state index contributed by atoms with van der Waals surface area (Å²) in [6.45, 7) is 4.92. The number of unbranched alkanes of at least 4 members (excludes halogenated alkanes) is 12. The van der Waals surface area contributed by atoms with E-state index in [1.165, 1.54) is 75.5 Å². The van der Waals surface area contributed by atoms with E-state index in [4.69, 9.17) is 18.9 Å². The van der Waals surface area contributed by atoms with Crippen LogP contribution in [-0.2, 0) is 23.7 Å². The lowest BCUT2D eigenvalue weighted by molar-refractivity contribution is -0.145. The fraction of sp³-hybridized carbons (Fsp3) is 0.719. The van der Waals surface area contributed by atoms with Crippen LogP contribution in [0.5, 0.6) is 0 Å². The van der Waals surface area contributed by atoms with Gasteiger partial charge in [0.05, 0.1) is 57.3 Å². The molecule has 0 saturated carbocycles. The van der Waals surface area contributed by atoms with Crippen LogP contribution in [0.1, 0.15) is 118 Å². The molecule has 0 fully saturated rings. The lowest BCUT2D eigenvalue weighted by atomic mass is 10.0. The average Bonchev–Trinajstić information content (AvgIpc) is 3.21. The van der Waals surface area contributed by atoms with Gasteiger partial charge in [-0.3, -0.25) is 19.3 Å². The lowest BCUT2D eigenvalue weighted by Gasteiger charge is -2.13. The Morgan fingerprint density at radius 2 is 1.02 bits per heavy atom. The number of esters is 1. The Balaban J connectivity index is 1.27. The molecule has 1 aliphatic rings. The fourth-order valence-corrected chi connectivity index (χ4v) is 4.71. The Morgan fingerprint density at radius 3 is 1.52 bits per heavy atom. The molecule has 0 unspecified atom stereocenters. The lowest BCUT2D eigenvalue weighted by Crippen LogP contribution is -2.33. The molecule has 0 aromatic heterocycles. The number of carbonyl (C=O) groups excluding carboxylic acids is 3. The normalized spacial score (nSPS) is 12.8. The molecular formula is C32H51NO7. The van der Waals surface area contributed by atoms with Gasteiger partial charge >= 0.3 is 5.97 Å². The highest BCUT2D eigenvalue weighted by molar-refractivity contribution is 6.21. The van der Waals surface area contributed by atoms with Crippen LogP contribution >= 0.6 is 0 Å². The van der Waals surface area contributed by atoms with Crippen LogP contribution in [0.4, 0.5) is 0 Å². The largest absolute Gasteiger partial charge is 0.463 e. The van der Waals surface area contributed by atoms with Crippen LogP contribution in [0.15, 0.2) is 24.3 Å². The van der Waals surface area contributed by atoms with Gasteiger partial charge in [0.15, 0.2) is 0 Å². The number of benzene rings is 1.